The zero-order valence-corrected chi connectivity index (χ0v) is 15.0. The van der Waals surface area contributed by atoms with E-state index in [1.807, 2.05) is 0 Å². The lowest BCUT2D eigenvalue weighted by atomic mass is 10.2. The predicted octanol–water partition coefficient (Wildman–Crippen LogP) is 3.82. The minimum Gasteiger partial charge on any atom is -0.439 e. The van der Waals surface area contributed by atoms with E-state index in [1.165, 1.54) is 16.4 Å². The van der Waals surface area contributed by atoms with Crippen molar-refractivity contribution < 1.29 is 13.2 Å². The first-order chi connectivity index (χ1) is 12.4. The number of nitrogens with two attached hydrogens (primary N) is 1. The van der Waals surface area contributed by atoms with Crippen LogP contribution < -0.4 is 14.8 Å². The van der Waals surface area contributed by atoms with Gasteiger partial charge in [-0.15, -0.1) is 0 Å². The summed E-state index contributed by atoms with van der Waals surface area (Å²) in [4.78, 5) is 4.61. The number of rotatable bonds is 3. The van der Waals surface area contributed by atoms with Gasteiger partial charge < -0.3 is 10.5 Å². The normalized spacial score (nSPS) is 14.9. The molecule has 0 fully saturated rings. The fourth-order valence-electron chi connectivity index (χ4n) is 2.76. The second-order valence-corrected chi connectivity index (χ2v) is 8.04. The second-order valence-electron chi connectivity index (χ2n) is 5.77. The molecule has 26 heavy (non-hydrogen) atoms. The van der Waals surface area contributed by atoms with Gasteiger partial charge in [0.05, 0.1) is 11.4 Å². The summed E-state index contributed by atoms with van der Waals surface area (Å²) >= 11 is 5.86. The number of nitrogen functional groups attached to an aromatic ring is 1. The van der Waals surface area contributed by atoms with Crippen molar-refractivity contribution in [3.8, 4) is 11.6 Å². The monoisotopic (exact) mass is 387 g/mol. The second kappa shape index (κ2) is 6.19. The third kappa shape index (κ3) is 2.95. The molecular formula is C18H14ClN3O3S. The number of fused-ring (bicyclic) bond motifs is 1. The number of aromatic nitrogens is 1. The molecule has 132 valence electrons. The van der Waals surface area contributed by atoms with Gasteiger partial charge >= 0.3 is 0 Å². The van der Waals surface area contributed by atoms with Crippen LogP contribution in [0.15, 0.2) is 65.6 Å². The average Bonchev–Trinajstić information content (AvgIpc) is 2.88. The van der Waals surface area contributed by atoms with Crippen molar-refractivity contribution in [3.05, 3.63) is 71.2 Å². The fraction of sp³-hybridized carbons (Fsp3) is 0.0556. The molecule has 0 spiro atoms. The molecule has 2 aromatic carbocycles. The highest BCUT2D eigenvalue weighted by molar-refractivity contribution is 7.93. The van der Waals surface area contributed by atoms with E-state index in [9.17, 15) is 8.42 Å². The first-order valence-corrected chi connectivity index (χ1v) is 9.57. The van der Waals surface area contributed by atoms with Crippen molar-refractivity contribution in [3.63, 3.8) is 0 Å². The van der Waals surface area contributed by atoms with Crippen molar-refractivity contribution in [2.24, 2.45) is 0 Å². The first kappa shape index (κ1) is 16.7. The summed E-state index contributed by atoms with van der Waals surface area (Å²) in [5.74, 6) is 0.935. The summed E-state index contributed by atoms with van der Waals surface area (Å²) in [6, 6.07) is 16.7. The quantitative estimate of drug-likeness (QED) is 0.738. The van der Waals surface area contributed by atoms with Crippen LogP contribution in [0.1, 0.15) is 5.56 Å². The van der Waals surface area contributed by atoms with Gasteiger partial charge in [0.2, 0.25) is 5.88 Å². The zero-order valence-electron chi connectivity index (χ0n) is 13.5. The van der Waals surface area contributed by atoms with E-state index in [0.717, 1.165) is 5.56 Å². The van der Waals surface area contributed by atoms with Crippen molar-refractivity contribution >= 4 is 33.1 Å². The lowest BCUT2D eigenvalue weighted by Gasteiger charge is -2.17. The Kier molecular flexibility index (Phi) is 3.97. The van der Waals surface area contributed by atoms with Crippen molar-refractivity contribution in [1.82, 2.24) is 4.98 Å². The van der Waals surface area contributed by atoms with Gasteiger partial charge in [-0.1, -0.05) is 29.8 Å². The Bertz CT molecular complexity index is 1090. The molecule has 4 rings (SSSR count). The topological polar surface area (TPSA) is 85.5 Å². The Morgan fingerprint density at radius 2 is 1.81 bits per heavy atom. The van der Waals surface area contributed by atoms with Gasteiger partial charge in [0.1, 0.15) is 11.6 Å². The Labute approximate surface area is 155 Å². The number of hydrogen-bond donors (Lipinski definition) is 1. The van der Waals surface area contributed by atoms with E-state index in [-0.39, 0.29) is 23.1 Å². The van der Waals surface area contributed by atoms with E-state index in [1.54, 1.807) is 48.5 Å². The molecule has 0 saturated heterocycles. The number of anilines is 2. The van der Waals surface area contributed by atoms with Crippen LogP contribution in [-0.4, -0.2) is 13.4 Å². The zero-order chi connectivity index (χ0) is 18.3. The van der Waals surface area contributed by atoms with E-state index < -0.39 is 10.0 Å². The van der Waals surface area contributed by atoms with Crippen molar-refractivity contribution in [1.29, 1.82) is 0 Å². The summed E-state index contributed by atoms with van der Waals surface area (Å²) in [6.07, 6.45) is 0. The highest BCUT2D eigenvalue weighted by Crippen LogP contribution is 2.35. The largest absolute Gasteiger partial charge is 0.439 e. The molecule has 3 aromatic rings. The van der Waals surface area contributed by atoms with Gasteiger partial charge in [0.25, 0.3) is 10.0 Å². The number of nitrogens with zero attached hydrogens (tertiary/aromatic N) is 2. The Balaban J connectivity index is 1.70. The Morgan fingerprint density at radius 1 is 1.08 bits per heavy atom. The molecular weight excluding hydrogens is 374 g/mol. The van der Waals surface area contributed by atoms with E-state index in [2.05, 4.69) is 4.98 Å². The minimum atomic E-state index is -3.67. The molecule has 0 amide bonds. The van der Waals surface area contributed by atoms with E-state index in [4.69, 9.17) is 22.1 Å². The van der Waals surface area contributed by atoms with Gasteiger partial charge in [-0.3, -0.25) is 0 Å². The molecule has 0 saturated carbocycles. The molecule has 2 N–H and O–H groups in total. The minimum absolute atomic E-state index is 0.202. The number of sulfonamides is 1. The standard InChI is InChI=1S/C18H14ClN3O3S/c19-13-5-7-15(8-6-13)25-18-10-14(20)9-17(21-18)22-11-12-3-1-2-4-16(12)26(22,23)24/h1-10H,11H2,(H2,20,21). The van der Waals surface area contributed by atoms with Crippen molar-refractivity contribution in [2.75, 3.05) is 10.0 Å². The van der Waals surface area contributed by atoms with Gasteiger partial charge in [0, 0.05) is 22.8 Å². The molecule has 6 nitrogen and oxygen atoms in total. The molecule has 2 heterocycles. The number of ether oxygens (including phenoxy) is 1. The van der Waals surface area contributed by atoms with E-state index >= 15 is 0 Å². The summed E-state index contributed by atoms with van der Waals surface area (Å²) in [6.45, 7) is 0.204. The lowest BCUT2D eigenvalue weighted by Crippen LogP contribution is -2.24. The van der Waals surface area contributed by atoms with Gasteiger partial charge in [0.15, 0.2) is 0 Å². The van der Waals surface area contributed by atoms with Crippen LogP contribution in [0.4, 0.5) is 11.5 Å². The first-order valence-electron chi connectivity index (χ1n) is 7.75. The Morgan fingerprint density at radius 3 is 2.54 bits per heavy atom. The third-order valence-corrected chi connectivity index (χ3v) is 6.06. The smallest absolute Gasteiger partial charge is 0.266 e. The molecule has 8 heteroatoms. The van der Waals surface area contributed by atoms with Crippen LogP contribution in [0.5, 0.6) is 11.6 Å². The Hall–Kier alpha value is -2.77. The van der Waals surface area contributed by atoms with Crippen LogP contribution in [0.25, 0.3) is 0 Å². The highest BCUT2D eigenvalue weighted by Gasteiger charge is 2.35. The molecule has 0 atom stereocenters. The summed E-state index contributed by atoms with van der Waals surface area (Å²) in [5, 5.41) is 0.583. The van der Waals surface area contributed by atoms with Crippen molar-refractivity contribution in [2.45, 2.75) is 11.4 Å². The van der Waals surface area contributed by atoms with Crippen LogP contribution in [-0.2, 0) is 16.6 Å². The number of benzene rings is 2. The summed E-state index contributed by atoms with van der Waals surface area (Å²) in [5.41, 5.74) is 7.01. The van der Waals surface area contributed by atoms with Crippen LogP contribution in [0.3, 0.4) is 0 Å². The van der Waals surface area contributed by atoms with Crippen LogP contribution >= 0.6 is 11.6 Å². The number of hydrogen-bond acceptors (Lipinski definition) is 5. The maximum absolute atomic E-state index is 12.8. The molecule has 0 radical (unpaired) electrons. The SMILES string of the molecule is Nc1cc(Oc2ccc(Cl)cc2)nc(N2Cc3ccccc3S2(=O)=O)c1. The number of halogens is 1. The molecule has 1 aromatic heterocycles. The fourth-order valence-corrected chi connectivity index (χ4v) is 4.49. The van der Waals surface area contributed by atoms with Crippen LogP contribution in [0, 0.1) is 0 Å². The summed E-state index contributed by atoms with van der Waals surface area (Å²) in [7, 11) is -3.67. The predicted molar refractivity (Wildman–Crippen MR) is 100.0 cm³/mol. The summed E-state index contributed by atoms with van der Waals surface area (Å²) < 4.78 is 32.5. The van der Waals surface area contributed by atoms with Gasteiger partial charge in [-0.25, -0.2) is 12.7 Å². The number of pyridine rings is 1. The maximum atomic E-state index is 12.8. The van der Waals surface area contributed by atoms with Crippen LogP contribution in [0.2, 0.25) is 5.02 Å². The lowest BCUT2D eigenvalue weighted by molar-refractivity contribution is 0.463. The molecule has 0 bridgehead atoms. The molecule has 1 aliphatic heterocycles. The van der Waals surface area contributed by atoms with Gasteiger partial charge in [-0.2, -0.15) is 4.98 Å². The van der Waals surface area contributed by atoms with E-state index in [0.29, 0.717) is 16.5 Å². The molecule has 1 aliphatic rings. The molecule has 0 aliphatic carbocycles. The third-order valence-electron chi connectivity index (χ3n) is 3.96. The van der Waals surface area contributed by atoms with Gasteiger partial charge in [-0.05, 0) is 35.9 Å². The molecule has 0 unspecified atom stereocenters. The maximum Gasteiger partial charge on any atom is 0.266 e. The highest BCUT2D eigenvalue weighted by atomic mass is 35.5. The average molecular weight is 388 g/mol.